The van der Waals surface area contributed by atoms with E-state index in [0.717, 1.165) is 20.4 Å². The number of halogens is 1. The molecular weight excluding hydrogens is 324 g/mol. The van der Waals surface area contributed by atoms with Crippen LogP contribution in [0.1, 0.15) is 10.4 Å². The van der Waals surface area contributed by atoms with Crippen LogP contribution in [0.25, 0.3) is 10.2 Å². The van der Waals surface area contributed by atoms with Gasteiger partial charge in [0.2, 0.25) is 0 Å². The molecule has 0 fully saturated rings. The molecule has 0 aliphatic rings. The highest BCUT2D eigenvalue weighted by atomic mass is 79.9. The van der Waals surface area contributed by atoms with Gasteiger partial charge in [0.1, 0.15) is 0 Å². The summed E-state index contributed by atoms with van der Waals surface area (Å²) in [5.41, 5.74) is 4.16. The Bertz CT molecular complexity index is 737. The Labute approximate surface area is 122 Å². The van der Waals surface area contributed by atoms with Gasteiger partial charge in [-0.1, -0.05) is 15.9 Å². The fraction of sp³-hybridized carbons (Fsp3) is 0. The number of amides is 1. The molecule has 2 aromatic carbocycles. The van der Waals surface area contributed by atoms with E-state index in [2.05, 4.69) is 26.2 Å². The van der Waals surface area contributed by atoms with Gasteiger partial charge in [-0.15, -0.1) is 11.3 Å². The molecule has 0 saturated heterocycles. The number of benzene rings is 2. The number of aromatic nitrogens is 1. The lowest BCUT2D eigenvalue weighted by Crippen LogP contribution is -2.11. The second-order valence-corrected chi connectivity index (χ2v) is 5.80. The topological polar surface area (TPSA) is 42.0 Å². The van der Waals surface area contributed by atoms with Gasteiger partial charge in [-0.25, -0.2) is 4.98 Å². The molecule has 94 valence electrons. The number of anilines is 1. The minimum Gasteiger partial charge on any atom is -0.322 e. The van der Waals surface area contributed by atoms with Crippen molar-refractivity contribution in [2.45, 2.75) is 0 Å². The van der Waals surface area contributed by atoms with E-state index in [1.54, 1.807) is 29.0 Å². The molecule has 0 aliphatic carbocycles. The van der Waals surface area contributed by atoms with Gasteiger partial charge in [0.15, 0.2) is 0 Å². The maximum atomic E-state index is 12.1. The van der Waals surface area contributed by atoms with Gasteiger partial charge in [0.25, 0.3) is 5.91 Å². The van der Waals surface area contributed by atoms with Crippen molar-refractivity contribution in [3.8, 4) is 0 Å². The minimum absolute atomic E-state index is 0.114. The van der Waals surface area contributed by atoms with Gasteiger partial charge in [-0.2, -0.15) is 0 Å². The number of fused-ring (bicyclic) bond motifs is 1. The Morgan fingerprint density at radius 3 is 2.74 bits per heavy atom. The van der Waals surface area contributed by atoms with Gasteiger partial charge in [0, 0.05) is 15.7 Å². The second-order valence-electron chi connectivity index (χ2n) is 4.00. The van der Waals surface area contributed by atoms with Crippen molar-refractivity contribution in [3.05, 3.63) is 58.0 Å². The molecule has 3 nitrogen and oxygen atoms in total. The van der Waals surface area contributed by atoms with E-state index in [4.69, 9.17) is 0 Å². The predicted molar refractivity (Wildman–Crippen MR) is 81.7 cm³/mol. The smallest absolute Gasteiger partial charge is 0.255 e. The van der Waals surface area contributed by atoms with Crippen LogP contribution >= 0.6 is 27.3 Å². The van der Waals surface area contributed by atoms with E-state index < -0.39 is 0 Å². The zero-order chi connectivity index (χ0) is 13.2. The first-order valence-corrected chi connectivity index (χ1v) is 7.30. The number of nitrogens with zero attached hydrogens (tertiary/aromatic N) is 1. The van der Waals surface area contributed by atoms with E-state index in [0.29, 0.717) is 5.56 Å². The second kappa shape index (κ2) is 5.11. The molecule has 3 rings (SSSR count). The molecule has 3 aromatic rings. The molecule has 1 N–H and O–H groups in total. The van der Waals surface area contributed by atoms with Crippen LogP contribution in [0.5, 0.6) is 0 Å². The monoisotopic (exact) mass is 332 g/mol. The van der Waals surface area contributed by atoms with Crippen molar-refractivity contribution in [2.75, 3.05) is 5.32 Å². The average Bonchev–Trinajstić information content (AvgIpc) is 2.87. The summed E-state index contributed by atoms with van der Waals surface area (Å²) in [6.07, 6.45) is 0. The number of nitrogens with one attached hydrogen (secondary N) is 1. The van der Waals surface area contributed by atoms with E-state index in [1.807, 2.05) is 30.3 Å². The summed E-state index contributed by atoms with van der Waals surface area (Å²) < 4.78 is 2.02. The fourth-order valence-corrected chi connectivity index (χ4v) is 2.72. The highest BCUT2D eigenvalue weighted by molar-refractivity contribution is 9.10. The number of hydrogen-bond donors (Lipinski definition) is 1. The van der Waals surface area contributed by atoms with Crippen LogP contribution in [0.2, 0.25) is 0 Å². The highest BCUT2D eigenvalue weighted by Crippen LogP contribution is 2.22. The molecule has 0 bridgehead atoms. The lowest BCUT2D eigenvalue weighted by Gasteiger charge is -2.05. The van der Waals surface area contributed by atoms with Gasteiger partial charge >= 0.3 is 0 Å². The number of carbonyl (C=O) groups excluding carboxylic acids is 1. The number of hydrogen-bond acceptors (Lipinski definition) is 3. The summed E-state index contributed by atoms with van der Waals surface area (Å²) in [4.78, 5) is 16.3. The van der Waals surface area contributed by atoms with Crippen molar-refractivity contribution >= 4 is 49.1 Å². The maximum Gasteiger partial charge on any atom is 0.255 e. The molecular formula is C14H9BrN2OS. The zero-order valence-corrected chi connectivity index (χ0v) is 12.2. The summed E-state index contributed by atoms with van der Waals surface area (Å²) in [5.74, 6) is -0.114. The van der Waals surface area contributed by atoms with Crippen LogP contribution in [0, 0.1) is 0 Å². The number of thiazole rings is 1. The van der Waals surface area contributed by atoms with Crippen LogP contribution in [-0.4, -0.2) is 10.9 Å². The minimum atomic E-state index is -0.114. The Kier molecular flexibility index (Phi) is 3.31. The molecule has 0 spiro atoms. The predicted octanol–water partition coefficient (Wildman–Crippen LogP) is 4.31. The Balaban J connectivity index is 1.83. The SMILES string of the molecule is O=C(Nc1ccc2ncsc2c1)c1ccc(Br)cc1. The normalized spacial score (nSPS) is 10.6. The fourth-order valence-electron chi connectivity index (χ4n) is 1.74. The van der Waals surface area contributed by atoms with Gasteiger partial charge in [-0.05, 0) is 42.5 Å². The van der Waals surface area contributed by atoms with Crippen LogP contribution in [0.15, 0.2) is 52.4 Å². The summed E-state index contributed by atoms with van der Waals surface area (Å²) >= 11 is 4.90. The molecule has 19 heavy (non-hydrogen) atoms. The molecule has 0 radical (unpaired) electrons. The molecule has 0 unspecified atom stereocenters. The number of carbonyl (C=O) groups is 1. The Hall–Kier alpha value is -1.72. The highest BCUT2D eigenvalue weighted by Gasteiger charge is 2.06. The first-order chi connectivity index (χ1) is 9.22. The van der Waals surface area contributed by atoms with Crippen molar-refractivity contribution in [1.29, 1.82) is 0 Å². The first kappa shape index (κ1) is 12.3. The lowest BCUT2D eigenvalue weighted by atomic mass is 10.2. The van der Waals surface area contributed by atoms with Crippen molar-refractivity contribution in [1.82, 2.24) is 4.98 Å². The van der Waals surface area contributed by atoms with Crippen molar-refractivity contribution in [2.24, 2.45) is 0 Å². The van der Waals surface area contributed by atoms with Crippen LogP contribution in [0.4, 0.5) is 5.69 Å². The molecule has 1 heterocycles. The molecule has 0 aliphatic heterocycles. The van der Waals surface area contributed by atoms with E-state index >= 15 is 0 Å². The standard InChI is InChI=1S/C14H9BrN2OS/c15-10-3-1-9(2-4-10)14(18)17-11-5-6-12-13(7-11)19-8-16-12/h1-8H,(H,17,18). The van der Waals surface area contributed by atoms with Crippen LogP contribution < -0.4 is 5.32 Å². The van der Waals surface area contributed by atoms with Gasteiger partial charge in [-0.3, -0.25) is 4.79 Å². The van der Waals surface area contributed by atoms with E-state index in [1.165, 1.54) is 0 Å². The summed E-state index contributed by atoms with van der Waals surface area (Å²) in [7, 11) is 0. The molecule has 1 amide bonds. The van der Waals surface area contributed by atoms with Crippen molar-refractivity contribution < 1.29 is 4.79 Å². The molecule has 0 saturated carbocycles. The number of rotatable bonds is 2. The summed E-state index contributed by atoms with van der Waals surface area (Å²) in [6, 6.07) is 13.0. The Morgan fingerprint density at radius 1 is 1.16 bits per heavy atom. The molecule has 0 atom stereocenters. The molecule has 1 aromatic heterocycles. The average molecular weight is 333 g/mol. The molecule has 5 heteroatoms. The van der Waals surface area contributed by atoms with E-state index in [9.17, 15) is 4.79 Å². The third kappa shape index (κ3) is 2.67. The van der Waals surface area contributed by atoms with Crippen LogP contribution in [0.3, 0.4) is 0 Å². The third-order valence-corrected chi connectivity index (χ3v) is 4.02. The van der Waals surface area contributed by atoms with Gasteiger partial charge < -0.3 is 5.32 Å². The maximum absolute atomic E-state index is 12.1. The third-order valence-electron chi connectivity index (χ3n) is 2.70. The quantitative estimate of drug-likeness (QED) is 0.759. The largest absolute Gasteiger partial charge is 0.322 e. The first-order valence-electron chi connectivity index (χ1n) is 5.62. The lowest BCUT2D eigenvalue weighted by molar-refractivity contribution is 0.102. The summed E-state index contributed by atoms with van der Waals surface area (Å²) in [5, 5.41) is 2.88. The summed E-state index contributed by atoms with van der Waals surface area (Å²) in [6.45, 7) is 0. The van der Waals surface area contributed by atoms with Crippen LogP contribution in [-0.2, 0) is 0 Å². The van der Waals surface area contributed by atoms with E-state index in [-0.39, 0.29) is 5.91 Å². The van der Waals surface area contributed by atoms with Crippen molar-refractivity contribution in [3.63, 3.8) is 0 Å². The zero-order valence-electron chi connectivity index (χ0n) is 9.76. The Morgan fingerprint density at radius 2 is 1.95 bits per heavy atom. The van der Waals surface area contributed by atoms with Gasteiger partial charge in [0.05, 0.1) is 15.7 Å².